The lowest BCUT2D eigenvalue weighted by Crippen LogP contribution is -2.23. The van der Waals surface area contributed by atoms with E-state index in [2.05, 4.69) is 9.71 Å². The zero-order chi connectivity index (χ0) is 14.9. The molecule has 0 radical (unpaired) electrons. The predicted octanol–water partition coefficient (Wildman–Crippen LogP) is 1.54. The summed E-state index contributed by atoms with van der Waals surface area (Å²) in [5.74, 6) is 0.468. The molecule has 0 aliphatic rings. The van der Waals surface area contributed by atoms with Crippen LogP contribution in [0.1, 0.15) is 6.92 Å². The Kier molecular flexibility index (Phi) is 3.69. The van der Waals surface area contributed by atoms with Crippen LogP contribution in [0.15, 0.2) is 12.1 Å². The molecule has 0 saturated heterocycles. The number of nitrogens with one attached hydrogen (secondary N) is 1. The Balaban J connectivity index is 2.46. The number of thiazole rings is 1. The third-order valence-electron chi connectivity index (χ3n) is 2.58. The highest BCUT2D eigenvalue weighted by Crippen LogP contribution is 2.35. The van der Waals surface area contributed by atoms with Crippen molar-refractivity contribution in [1.29, 1.82) is 5.26 Å². The SMILES string of the molecule is COc1cc(N)cc2sc(NS(=O)(=O)C(C)C#N)nc12. The molecule has 1 aromatic heterocycles. The molecule has 1 aromatic carbocycles. The number of fused-ring (bicyclic) bond motifs is 1. The fourth-order valence-electron chi connectivity index (χ4n) is 1.50. The monoisotopic (exact) mass is 312 g/mol. The summed E-state index contributed by atoms with van der Waals surface area (Å²) in [5, 5.41) is 7.69. The molecule has 106 valence electrons. The first kappa shape index (κ1) is 14.4. The van der Waals surface area contributed by atoms with Gasteiger partial charge in [-0.15, -0.1) is 0 Å². The van der Waals surface area contributed by atoms with Crippen molar-refractivity contribution in [2.24, 2.45) is 0 Å². The molecular formula is C11H12N4O3S2. The molecule has 1 atom stereocenters. The standard InChI is InChI=1S/C11H12N4O3S2/c1-6(5-12)20(16,17)15-11-14-10-8(18-2)3-7(13)4-9(10)19-11/h3-4,6H,13H2,1-2H3,(H,14,15). The van der Waals surface area contributed by atoms with Crippen LogP contribution < -0.4 is 15.2 Å². The Morgan fingerprint density at radius 2 is 2.25 bits per heavy atom. The van der Waals surface area contributed by atoms with Crippen molar-refractivity contribution in [3.05, 3.63) is 12.1 Å². The summed E-state index contributed by atoms with van der Waals surface area (Å²) in [6.07, 6.45) is 0. The van der Waals surface area contributed by atoms with Crippen LogP contribution in [0.4, 0.5) is 10.8 Å². The van der Waals surface area contributed by atoms with Gasteiger partial charge in [0.05, 0.1) is 17.9 Å². The van der Waals surface area contributed by atoms with E-state index in [1.54, 1.807) is 18.2 Å². The number of aromatic nitrogens is 1. The van der Waals surface area contributed by atoms with Gasteiger partial charge < -0.3 is 10.5 Å². The Hall–Kier alpha value is -2.05. The molecule has 2 rings (SSSR count). The molecule has 0 aliphatic carbocycles. The quantitative estimate of drug-likeness (QED) is 0.827. The van der Waals surface area contributed by atoms with Crippen LogP contribution in [0.2, 0.25) is 0 Å². The average Bonchev–Trinajstić information content (AvgIpc) is 2.77. The number of nitrogens with two attached hydrogens (primary N) is 1. The van der Waals surface area contributed by atoms with Gasteiger partial charge in [-0.05, 0) is 13.0 Å². The maximum absolute atomic E-state index is 11.8. The lowest BCUT2D eigenvalue weighted by Gasteiger charge is -2.05. The molecule has 3 N–H and O–H groups in total. The molecule has 1 heterocycles. The van der Waals surface area contributed by atoms with E-state index in [-0.39, 0.29) is 5.13 Å². The first-order valence-electron chi connectivity index (χ1n) is 5.52. The van der Waals surface area contributed by atoms with E-state index in [9.17, 15) is 8.42 Å². The third-order valence-corrected chi connectivity index (χ3v) is 5.14. The molecule has 0 fully saturated rings. The van der Waals surface area contributed by atoms with Gasteiger partial charge in [-0.25, -0.2) is 13.4 Å². The highest BCUT2D eigenvalue weighted by atomic mass is 32.2. The molecule has 0 amide bonds. The van der Waals surface area contributed by atoms with Crippen molar-refractivity contribution >= 4 is 42.4 Å². The minimum absolute atomic E-state index is 0.172. The van der Waals surface area contributed by atoms with E-state index in [0.29, 0.717) is 21.7 Å². The smallest absolute Gasteiger partial charge is 0.250 e. The summed E-state index contributed by atoms with van der Waals surface area (Å²) in [6.45, 7) is 1.30. The summed E-state index contributed by atoms with van der Waals surface area (Å²) >= 11 is 1.12. The van der Waals surface area contributed by atoms with Crippen molar-refractivity contribution in [2.45, 2.75) is 12.2 Å². The molecule has 1 unspecified atom stereocenters. The average molecular weight is 312 g/mol. The van der Waals surface area contributed by atoms with Gasteiger partial charge >= 0.3 is 0 Å². The largest absolute Gasteiger partial charge is 0.494 e. The van der Waals surface area contributed by atoms with Gasteiger partial charge in [-0.2, -0.15) is 5.26 Å². The number of hydrogen-bond donors (Lipinski definition) is 2. The summed E-state index contributed by atoms with van der Waals surface area (Å²) in [5.41, 5.74) is 6.74. The van der Waals surface area contributed by atoms with Crippen LogP contribution in [-0.2, 0) is 10.0 Å². The highest BCUT2D eigenvalue weighted by molar-refractivity contribution is 7.93. The maximum Gasteiger partial charge on any atom is 0.250 e. The second kappa shape index (κ2) is 5.15. The first-order chi connectivity index (χ1) is 9.37. The summed E-state index contributed by atoms with van der Waals surface area (Å²) in [4.78, 5) is 4.16. The molecule has 7 nitrogen and oxygen atoms in total. The third kappa shape index (κ3) is 2.61. The topological polar surface area (TPSA) is 118 Å². The molecule has 9 heteroatoms. The number of nitrogen functional groups attached to an aromatic ring is 1. The van der Waals surface area contributed by atoms with Gasteiger partial charge in [0.2, 0.25) is 0 Å². The van der Waals surface area contributed by atoms with Gasteiger partial charge in [-0.3, -0.25) is 4.72 Å². The second-order valence-corrected chi connectivity index (χ2v) is 7.04. The number of methoxy groups -OCH3 is 1. The fraction of sp³-hybridized carbons (Fsp3) is 0.273. The lowest BCUT2D eigenvalue weighted by molar-refractivity contribution is 0.419. The number of nitriles is 1. The number of hydrogen-bond acceptors (Lipinski definition) is 7. The van der Waals surface area contributed by atoms with E-state index in [1.165, 1.54) is 14.0 Å². The van der Waals surface area contributed by atoms with Crippen LogP contribution in [0.25, 0.3) is 10.2 Å². The van der Waals surface area contributed by atoms with Crippen molar-refractivity contribution in [3.63, 3.8) is 0 Å². The Morgan fingerprint density at radius 1 is 1.55 bits per heavy atom. The molecule has 2 aromatic rings. The minimum Gasteiger partial charge on any atom is -0.494 e. The summed E-state index contributed by atoms with van der Waals surface area (Å²) < 4.78 is 31.8. The molecule has 0 bridgehead atoms. The Bertz CT molecular complexity index is 792. The number of benzene rings is 1. The Labute approximate surface area is 120 Å². The zero-order valence-corrected chi connectivity index (χ0v) is 12.4. The van der Waals surface area contributed by atoms with Gasteiger partial charge in [-0.1, -0.05) is 11.3 Å². The number of anilines is 2. The van der Waals surface area contributed by atoms with Gasteiger partial charge in [0.1, 0.15) is 11.3 Å². The molecular weight excluding hydrogens is 300 g/mol. The van der Waals surface area contributed by atoms with E-state index < -0.39 is 15.3 Å². The van der Waals surface area contributed by atoms with Crippen LogP contribution in [0, 0.1) is 11.3 Å². The molecule has 20 heavy (non-hydrogen) atoms. The van der Waals surface area contributed by atoms with Crippen LogP contribution in [0.5, 0.6) is 5.75 Å². The van der Waals surface area contributed by atoms with E-state index >= 15 is 0 Å². The van der Waals surface area contributed by atoms with Gasteiger partial charge in [0, 0.05) is 11.8 Å². The number of nitrogens with zero attached hydrogens (tertiary/aromatic N) is 2. The molecule has 0 aliphatic heterocycles. The van der Waals surface area contributed by atoms with E-state index in [1.807, 2.05) is 0 Å². The number of sulfonamides is 1. The highest BCUT2D eigenvalue weighted by Gasteiger charge is 2.22. The van der Waals surface area contributed by atoms with Crippen LogP contribution in [0.3, 0.4) is 0 Å². The second-order valence-electron chi connectivity index (χ2n) is 4.01. The zero-order valence-electron chi connectivity index (χ0n) is 10.7. The van der Waals surface area contributed by atoms with Crippen LogP contribution >= 0.6 is 11.3 Å². The van der Waals surface area contributed by atoms with Crippen molar-refractivity contribution in [2.75, 3.05) is 17.6 Å². The lowest BCUT2D eigenvalue weighted by atomic mass is 10.3. The van der Waals surface area contributed by atoms with E-state index in [0.717, 1.165) is 11.3 Å². The summed E-state index contributed by atoms with van der Waals surface area (Å²) in [6, 6.07) is 4.96. The summed E-state index contributed by atoms with van der Waals surface area (Å²) in [7, 11) is -2.29. The van der Waals surface area contributed by atoms with Crippen molar-refractivity contribution < 1.29 is 13.2 Å². The van der Waals surface area contributed by atoms with Crippen LogP contribution in [-0.4, -0.2) is 25.8 Å². The normalized spacial score (nSPS) is 12.8. The van der Waals surface area contributed by atoms with Crippen molar-refractivity contribution in [1.82, 2.24) is 4.98 Å². The van der Waals surface area contributed by atoms with E-state index in [4.69, 9.17) is 15.7 Å². The molecule has 0 saturated carbocycles. The predicted molar refractivity (Wildman–Crippen MR) is 78.2 cm³/mol. The fourth-order valence-corrected chi connectivity index (χ4v) is 3.40. The molecule has 0 spiro atoms. The number of rotatable bonds is 4. The van der Waals surface area contributed by atoms with Gasteiger partial charge in [0.25, 0.3) is 10.0 Å². The first-order valence-corrected chi connectivity index (χ1v) is 7.89. The maximum atomic E-state index is 11.8. The van der Waals surface area contributed by atoms with Crippen molar-refractivity contribution in [3.8, 4) is 11.8 Å². The Morgan fingerprint density at radius 3 is 2.85 bits per heavy atom. The minimum atomic E-state index is -3.78. The number of ether oxygens (including phenoxy) is 1. The van der Waals surface area contributed by atoms with Gasteiger partial charge in [0.15, 0.2) is 10.4 Å².